The third kappa shape index (κ3) is 4.08. The second-order valence-electron chi connectivity index (χ2n) is 4.34. The number of sulfonamides is 1. The van der Waals surface area contributed by atoms with E-state index in [0.717, 1.165) is 18.2 Å². The van der Waals surface area contributed by atoms with Crippen LogP contribution in [0.4, 0.5) is 13.2 Å². The van der Waals surface area contributed by atoms with Crippen molar-refractivity contribution in [2.45, 2.75) is 23.5 Å². The van der Waals surface area contributed by atoms with Gasteiger partial charge >= 0.3 is 6.18 Å². The molecular formula is C11H14ClF3N2O2S. The van der Waals surface area contributed by atoms with Crippen LogP contribution in [-0.2, 0) is 16.2 Å². The molecule has 0 amide bonds. The van der Waals surface area contributed by atoms with Crippen molar-refractivity contribution >= 4 is 22.4 Å². The highest BCUT2D eigenvalue weighted by Gasteiger charge is 2.32. The fourth-order valence-electron chi connectivity index (χ4n) is 1.88. The van der Waals surface area contributed by atoms with E-state index in [-0.39, 0.29) is 23.3 Å². The lowest BCUT2D eigenvalue weighted by molar-refractivity contribution is -0.137. The fourth-order valence-corrected chi connectivity index (χ4v) is 3.20. The zero-order valence-corrected chi connectivity index (χ0v) is 11.9. The summed E-state index contributed by atoms with van der Waals surface area (Å²) >= 11 is 0. The molecule has 1 saturated heterocycles. The van der Waals surface area contributed by atoms with E-state index in [1.165, 1.54) is 0 Å². The average molecular weight is 331 g/mol. The van der Waals surface area contributed by atoms with Crippen molar-refractivity contribution in [2.75, 3.05) is 13.1 Å². The normalized spacial score (nSPS) is 19.6. The summed E-state index contributed by atoms with van der Waals surface area (Å²) in [7, 11) is -3.92. The number of benzene rings is 1. The van der Waals surface area contributed by atoms with Crippen LogP contribution in [0.2, 0.25) is 0 Å². The van der Waals surface area contributed by atoms with Gasteiger partial charge in [-0.15, -0.1) is 12.4 Å². The van der Waals surface area contributed by atoms with E-state index in [4.69, 9.17) is 0 Å². The highest BCUT2D eigenvalue weighted by molar-refractivity contribution is 7.89. The summed E-state index contributed by atoms with van der Waals surface area (Å²) in [5.41, 5.74) is -0.972. The molecule has 20 heavy (non-hydrogen) atoms. The van der Waals surface area contributed by atoms with E-state index in [9.17, 15) is 21.6 Å². The summed E-state index contributed by atoms with van der Waals surface area (Å²) in [5.74, 6) is 0. The number of alkyl halides is 3. The van der Waals surface area contributed by atoms with Gasteiger partial charge in [0.1, 0.15) is 0 Å². The first kappa shape index (κ1) is 17.2. The zero-order valence-electron chi connectivity index (χ0n) is 10.3. The molecule has 1 heterocycles. The molecule has 114 valence electrons. The minimum Gasteiger partial charge on any atom is -0.315 e. The van der Waals surface area contributed by atoms with Crippen LogP contribution in [0, 0.1) is 0 Å². The maximum atomic E-state index is 12.5. The van der Waals surface area contributed by atoms with Crippen molar-refractivity contribution in [1.29, 1.82) is 0 Å². The van der Waals surface area contributed by atoms with Crippen molar-refractivity contribution < 1.29 is 21.6 Å². The van der Waals surface area contributed by atoms with Gasteiger partial charge in [-0.3, -0.25) is 0 Å². The largest absolute Gasteiger partial charge is 0.416 e. The number of hydrogen-bond donors (Lipinski definition) is 2. The van der Waals surface area contributed by atoms with Crippen LogP contribution < -0.4 is 10.0 Å². The third-order valence-corrected chi connectivity index (χ3v) is 4.37. The Hall–Kier alpha value is -0.830. The predicted molar refractivity (Wildman–Crippen MR) is 70.3 cm³/mol. The summed E-state index contributed by atoms with van der Waals surface area (Å²) in [4.78, 5) is -0.366. The Labute approximate surface area is 121 Å². The van der Waals surface area contributed by atoms with Gasteiger partial charge < -0.3 is 5.32 Å². The Kier molecular flexibility index (Phi) is 5.42. The quantitative estimate of drug-likeness (QED) is 0.888. The van der Waals surface area contributed by atoms with Gasteiger partial charge in [-0.05, 0) is 31.2 Å². The molecule has 0 radical (unpaired) electrons. The van der Waals surface area contributed by atoms with E-state index in [0.29, 0.717) is 25.6 Å². The molecule has 1 aromatic rings. The summed E-state index contributed by atoms with van der Waals surface area (Å²) < 4.78 is 63.9. The van der Waals surface area contributed by atoms with Crippen LogP contribution in [-0.4, -0.2) is 27.5 Å². The SMILES string of the molecule is Cl.O=S(=O)(NC1CCNC1)c1cccc(C(F)(F)F)c1. The Bertz CT molecular complexity index is 557. The van der Waals surface area contributed by atoms with Gasteiger partial charge in [0.15, 0.2) is 0 Å². The molecule has 0 spiro atoms. The summed E-state index contributed by atoms with van der Waals surface area (Å²) in [6, 6.07) is 3.45. The molecular weight excluding hydrogens is 317 g/mol. The lowest BCUT2D eigenvalue weighted by atomic mass is 10.2. The number of nitrogens with one attached hydrogen (secondary N) is 2. The maximum Gasteiger partial charge on any atom is 0.416 e. The van der Waals surface area contributed by atoms with Gasteiger partial charge in [0.25, 0.3) is 0 Å². The number of halogens is 4. The van der Waals surface area contributed by atoms with Crippen molar-refractivity contribution in [3.8, 4) is 0 Å². The van der Waals surface area contributed by atoms with Crippen molar-refractivity contribution in [1.82, 2.24) is 10.0 Å². The van der Waals surface area contributed by atoms with Crippen LogP contribution in [0.15, 0.2) is 29.2 Å². The average Bonchev–Trinajstić information content (AvgIpc) is 2.80. The lowest BCUT2D eigenvalue weighted by Crippen LogP contribution is -2.36. The van der Waals surface area contributed by atoms with E-state index in [1.807, 2.05) is 0 Å². The molecule has 1 aliphatic heterocycles. The standard InChI is InChI=1S/C11H13F3N2O2S.ClH/c12-11(13,14)8-2-1-3-10(6-8)19(17,18)16-9-4-5-15-7-9;/h1-3,6,9,15-16H,4-5,7H2;1H. The van der Waals surface area contributed by atoms with E-state index in [1.54, 1.807) is 0 Å². The van der Waals surface area contributed by atoms with Gasteiger partial charge in [0.05, 0.1) is 10.5 Å². The molecule has 4 nitrogen and oxygen atoms in total. The maximum absolute atomic E-state index is 12.5. The monoisotopic (exact) mass is 330 g/mol. The molecule has 1 fully saturated rings. The second kappa shape index (κ2) is 6.30. The van der Waals surface area contributed by atoms with Gasteiger partial charge in [-0.1, -0.05) is 6.07 Å². The first-order valence-corrected chi connectivity index (χ1v) is 7.18. The summed E-state index contributed by atoms with van der Waals surface area (Å²) in [6.07, 6.45) is -3.93. The molecule has 0 bridgehead atoms. The van der Waals surface area contributed by atoms with Crippen LogP contribution in [0.25, 0.3) is 0 Å². The first-order chi connectivity index (χ1) is 8.79. The van der Waals surface area contributed by atoms with Crippen LogP contribution in [0.5, 0.6) is 0 Å². The fraction of sp³-hybridized carbons (Fsp3) is 0.455. The number of rotatable bonds is 3. The van der Waals surface area contributed by atoms with Crippen LogP contribution in [0.3, 0.4) is 0 Å². The van der Waals surface area contributed by atoms with Gasteiger partial charge in [0.2, 0.25) is 10.0 Å². The van der Waals surface area contributed by atoms with Crippen molar-refractivity contribution in [3.63, 3.8) is 0 Å². The van der Waals surface area contributed by atoms with Gasteiger partial charge in [-0.2, -0.15) is 13.2 Å². The minimum absolute atomic E-state index is 0. The highest BCUT2D eigenvalue weighted by Crippen LogP contribution is 2.30. The van der Waals surface area contributed by atoms with Gasteiger partial charge in [-0.25, -0.2) is 13.1 Å². The third-order valence-electron chi connectivity index (χ3n) is 2.85. The molecule has 0 aromatic heterocycles. The Morgan fingerprint density at radius 3 is 2.55 bits per heavy atom. The van der Waals surface area contributed by atoms with E-state index in [2.05, 4.69) is 10.0 Å². The Morgan fingerprint density at radius 2 is 2.00 bits per heavy atom. The van der Waals surface area contributed by atoms with Crippen molar-refractivity contribution in [3.05, 3.63) is 29.8 Å². The number of hydrogen-bond acceptors (Lipinski definition) is 3. The molecule has 1 aliphatic rings. The molecule has 9 heteroatoms. The molecule has 1 unspecified atom stereocenters. The van der Waals surface area contributed by atoms with E-state index >= 15 is 0 Å². The molecule has 0 aliphatic carbocycles. The van der Waals surface area contributed by atoms with E-state index < -0.39 is 21.8 Å². The Balaban J connectivity index is 0.00000200. The van der Waals surface area contributed by atoms with Crippen molar-refractivity contribution in [2.24, 2.45) is 0 Å². The molecule has 2 rings (SSSR count). The minimum atomic E-state index is -4.56. The smallest absolute Gasteiger partial charge is 0.315 e. The topological polar surface area (TPSA) is 58.2 Å². The molecule has 1 atom stereocenters. The molecule has 1 aromatic carbocycles. The lowest BCUT2D eigenvalue weighted by Gasteiger charge is -2.13. The summed E-state index contributed by atoms with van der Waals surface area (Å²) in [5, 5.41) is 2.98. The molecule has 0 saturated carbocycles. The molecule has 2 N–H and O–H groups in total. The highest BCUT2D eigenvalue weighted by atomic mass is 35.5. The zero-order chi connectivity index (χ0) is 14.1. The predicted octanol–water partition coefficient (Wildman–Crippen LogP) is 1.77. The van der Waals surface area contributed by atoms with Gasteiger partial charge in [0, 0.05) is 12.6 Å². The Morgan fingerprint density at radius 1 is 1.30 bits per heavy atom. The summed E-state index contributed by atoms with van der Waals surface area (Å²) in [6.45, 7) is 1.17. The second-order valence-corrected chi connectivity index (χ2v) is 6.05. The first-order valence-electron chi connectivity index (χ1n) is 5.69. The van der Waals surface area contributed by atoms with Crippen LogP contribution in [0.1, 0.15) is 12.0 Å². The van der Waals surface area contributed by atoms with Crippen LogP contribution >= 0.6 is 12.4 Å².